The first kappa shape index (κ1) is 25.0. The van der Waals surface area contributed by atoms with Gasteiger partial charge in [0.15, 0.2) is 16.9 Å². The molecule has 35 heavy (non-hydrogen) atoms. The molecule has 1 atom stereocenters. The van der Waals surface area contributed by atoms with Crippen LogP contribution in [0.1, 0.15) is 48.0 Å². The lowest BCUT2D eigenvalue weighted by atomic mass is 9.98. The van der Waals surface area contributed by atoms with E-state index in [1.165, 1.54) is 0 Å². The fraction of sp³-hybridized carbons (Fsp3) is 0.333. The third kappa shape index (κ3) is 4.99. The predicted molar refractivity (Wildman–Crippen MR) is 137 cm³/mol. The molecule has 4 rings (SSSR count). The second-order valence-corrected chi connectivity index (χ2v) is 9.41. The van der Waals surface area contributed by atoms with Crippen LogP contribution in [-0.4, -0.2) is 43.8 Å². The van der Waals surface area contributed by atoms with E-state index in [1.54, 1.807) is 48.4 Å². The van der Waals surface area contributed by atoms with Crippen molar-refractivity contribution in [3.8, 4) is 11.5 Å². The average molecular weight is 542 g/mol. The number of amides is 1. The van der Waals surface area contributed by atoms with Crippen LogP contribution < -0.4 is 14.9 Å². The summed E-state index contributed by atoms with van der Waals surface area (Å²) in [6.07, 6.45) is 2.36. The molecule has 1 amide bonds. The Balaban J connectivity index is 1.82. The highest BCUT2D eigenvalue weighted by molar-refractivity contribution is 9.10. The van der Waals surface area contributed by atoms with Gasteiger partial charge in [0, 0.05) is 17.6 Å². The van der Waals surface area contributed by atoms with E-state index in [2.05, 4.69) is 22.5 Å². The Kier molecular flexibility index (Phi) is 7.62. The van der Waals surface area contributed by atoms with Crippen molar-refractivity contribution in [3.63, 3.8) is 0 Å². The topological polar surface area (TPSA) is 78.2 Å². The minimum atomic E-state index is -0.626. The number of fused-ring (bicyclic) bond motifs is 2. The molecule has 0 aliphatic carbocycles. The van der Waals surface area contributed by atoms with Crippen LogP contribution in [-0.2, 0) is 4.74 Å². The van der Waals surface area contributed by atoms with E-state index in [-0.39, 0.29) is 23.2 Å². The number of carbonyl (C=O) groups is 1. The minimum Gasteiger partial charge on any atom is -0.493 e. The Hall–Kier alpha value is -3.10. The summed E-state index contributed by atoms with van der Waals surface area (Å²) in [6.45, 7) is 8.83. The molecule has 0 N–H and O–H groups in total. The highest BCUT2D eigenvalue weighted by Gasteiger charge is 2.42. The van der Waals surface area contributed by atoms with Crippen LogP contribution in [0.4, 0.5) is 0 Å². The number of hydrogen-bond acceptors (Lipinski definition) is 6. The summed E-state index contributed by atoms with van der Waals surface area (Å²) in [6, 6.07) is 9.98. The number of benzene rings is 2. The highest BCUT2D eigenvalue weighted by atomic mass is 79.9. The monoisotopic (exact) mass is 541 g/mol. The van der Waals surface area contributed by atoms with Gasteiger partial charge < -0.3 is 23.5 Å². The smallest absolute Gasteiger partial charge is 0.290 e. The number of nitrogens with zero attached hydrogens (tertiary/aromatic N) is 1. The van der Waals surface area contributed by atoms with Crippen LogP contribution >= 0.6 is 15.9 Å². The van der Waals surface area contributed by atoms with E-state index in [0.717, 1.165) is 10.0 Å². The molecule has 1 aromatic heterocycles. The number of rotatable bonds is 10. The van der Waals surface area contributed by atoms with E-state index in [9.17, 15) is 9.59 Å². The van der Waals surface area contributed by atoms with Crippen LogP contribution in [0.15, 0.2) is 62.7 Å². The number of methoxy groups -OCH3 is 1. The van der Waals surface area contributed by atoms with Crippen molar-refractivity contribution < 1.29 is 23.4 Å². The molecule has 7 nitrogen and oxygen atoms in total. The van der Waals surface area contributed by atoms with Gasteiger partial charge in [0.05, 0.1) is 30.2 Å². The summed E-state index contributed by atoms with van der Waals surface area (Å²) in [5.41, 5.74) is 1.20. The van der Waals surface area contributed by atoms with Crippen molar-refractivity contribution in [3.05, 3.63) is 80.6 Å². The molecule has 2 aromatic carbocycles. The summed E-state index contributed by atoms with van der Waals surface area (Å²) in [5.74, 6) is 0.807. The Morgan fingerprint density at radius 3 is 2.69 bits per heavy atom. The van der Waals surface area contributed by atoms with Gasteiger partial charge in [-0.25, -0.2) is 0 Å². The SMILES string of the molecule is C=CCOc1ccc(C2c3c(oc4ccc(Br)cc4c3=O)C(=O)N2CCCOC(C)C)cc1OC. The van der Waals surface area contributed by atoms with E-state index < -0.39 is 6.04 Å². The summed E-state index contributed by atoms with van der Waals surface area (Å²) >= 11 is 3.42. The molecule has 1 unspecified atom stereocenters. The van der Waals surface area contributed by atoms with Gasteiger partial charge >= 0.3 is 0 Å². The lowest BCUT2D eigenvalue weighted by molar-refractivity contribution is 0.0593. The molecule has 2 heterocycles. The van der Waals surface area contributed by atoms with Gasteiger partial charge in [0.25, 0.3) is 5.91 Å². The van der Waals surface area contributed by atoms with Gasteiger partial charge in [-0.15, -0.1) is 0 Å². The number of hydrogen-bond donors (Lipinski definition) is 0. The molecular formula is C27H28BrNO6. The molecule has 0 saturated carbocycles. The van der Waals surface area contributed by atoms with Crippen molar-refractivity contribution in [1.82, 2.24) is 4.90 Å². The molecule has 0 spiro atoms. The van der Waals surface area contributed by atoms with Crippen molar-refractivity contribution >= 4 is 32.8 Å². The van der Waals surface area contributed by atoms with Gasteiger partial charge in [-0.05, 0) is 56.2 Å². The van der Waals surface area contributed by atoms with Crippen LogP contribution in [0, 0.1) is 0 Å². The van der Waals surface area contributed by atoms with Crippen LogP contribution in [0.2, 0.25) is 0 Å². The summed E-state index contributed by atoms with van der Waals surface area (Å²) in [7, 11) is 1.55. The molecule has 0 saturated heterocycles. The summed E-state index contributed by atoms with van der Waals surface area (Å²) in [5, 5.41) is 0.416. The number of halogens is 1. The van der Waals surface area contributed by atoms with Crippen LogP contribution in [0.5, 0.6) is 11.5 Å². The normalized spacial score (nSPS) is 15.1. The van der Waals surface area contributed by atoms with Gasteiger partial charge in [-0.2, -0.15) is 0 Å². The van der Waals surface area contributed by atoms with Crippen molar-refractivity contribution in [2.75, 3.05) is 26.9 Å². The fourth-order valence-corrected chi connectivity index (χ4v) is 4.61. The number of ether oxygens (including phenoxy) is 3. The molecule has 1 aliphatic rings. The Morgan fingerprint density at radius 2 is 1.97 bits per heavy atom. The lowest BCUT2D eigenvalue weighted by Gasteiger charge is -2.26. The van der Waals surface area contributed by atoms with E-state index in [1.807, 2.05) is 19.9 Å². The van der Waals surface area contributed by atoms with Gasteiger partial charge in [-0.1, -0.05) is 34.7 Å². The van der Waals surface area contributed by atoms with Crippen molar-refractivity contribution in [1.29, 1.82) is 0 Å². The first-order chi connectivity index (χ1) is 16.8. The maximum Gasteiger partial charge on any atom is 0.290 e. The third-order valence-electron chi connectivity index (χ3n) is 5.78. The molecule has 184 valence electrons. The average Bonchev–Trinajstić information content (AvgIpc) is 3.12. The van der Waals surface area contributed by atoms with Crippen molar-refractivity contribution in [2.24, 2.45) is 0 Å². The Labute approximate surface area is 212 Å². The molecule has 8 heteroatoms. The first-order valence-corrected chi connectivity index (χ1v) is 12.3. The van der Waals surface area contributed by atoms with E-state index >= 15 is 0 Å². The second kappa shape index (κ2) is 10.7. The van der Waals surface area contributed by atoms with E-state index in [0.29, 0.717) is 54.2 Å². The zero-order valence-corrected chi connectivity index (χ0v) is 21.6. The van der Waals surface area contributed by atoms with Crippen molar-refractivity contribution in [2.45, 2.75) is 32.4 Å². The standard InChI is InChI=1S/C27H28BrNO6/c1-5-12-34-21-9-7-17(14-22(21)32-4)24-23-25(30)19-15-18(28)8-10-20(19)35-26(23)27(31)29(24)11-6-13-33-16(2)3/h5,7-10,14-16,24H,1,6,11-13H2,2-4H3. The molecule has 0 radical (unpaired) electrons. The molecule has 3 aromatic rings. The third-order valence-corrected chi connectivity index (χ3v) is 6.28. The number of carbonyl (C=O) groups excluding carboxylic acids is 1. The zero-order valence-electron chi connectivity index (χ0n) is 20.0. The maximum absolute atomic E-state index is 13.7. The van der Waals surface area contributed by atoms with E-state index in [4.69, 9.17) is 18.6 Å². The first-order valence-electron chi connectivity index (χ1n) is 11.5. The fourth-order valence-electron chi connectivity index (χ4n) is 4.25. The molecule has 1 aliphatic heterocycles. The van der Waals surface area contributed by atoms with Gasteiger partial charge in [-0.3, -0.25) is 9.59 Å². The van der Waals surface area contributed by atoms with Gasteiger partial charge in [0.2, 0.25) is 5.76 Å². The maximum atomic E-state index is 13.7. The summed E-state index contributed by atoms with van der Waals surface area (Å²) in [4.78, 5) is 28.9. The zero-order chi connectivity index (χ0) is 25.1. The molecular weight excluding hydrogens is 514 g/mol. The molecule has 0 bridgehead atoms. The van der Waals surface area contributed by atoms with Gasteiger partial charge in [0.1, 0.15) is 12.2 Å². The van der Waals surface area contributed by atoms with Crippen LogP contribution in [0.25, 0.3) is 11.0 Å². The minimum absolute atomic E-state index is 0.0746. The Bertz CT molecular complexity index is 1320. The lowest BCUT2D eigenvalue weighted by Crippen LogP contribution is -2.31. The quantitative estimate of drug-likeness (QED) is 0.249. The Morgan fingerprint density at radius 1 is 1.17 bits per heavy atom. The highest BCUT2D eigenvalue weighted by Crippen LogP contribution is 2.41. The largest absolute Gasteiger partial charge is 0.493 e. The van der Waals surface area contributed by atoms with Crippen LogP contribution in [0.3, 0.4) is 0 Å². The second-order valence-electron chi connectivity index (χ2n) is 8.50. The molecule has 0 fully saturated rings. The summed E-state index contributed by atoms with van der Waals surface area (Å²) < 4.78 is 23.7. The predicted octanol–water partition coefficient (Wildman–Crippen LogP) is 5.49.